The van der Waals surface area contributed by atoms with E-state index >= 15 is 0 Å². The van der Waals surface area contributed by atoms with Crippen LogP contribution in [0.2, 0.25) is 4.34 Å². The molecule has 0 fully saturated rings. The molecule has 0 saturated carbocycles. The molecule has 0 saturated heterocycles. The maximum atomic E-state index is 11.7. The fourth-order valence-corrected chi connectivity index (χ4v) is 3.29. The van der Waals surface area contributed by atoms with E-state index in [1.54, 1.807) is 17.8 Å². The Kier molecular flexibility index (Phi) is 5.39. The van der Waals surface area contributed by atoms with Gasteiger partial charge in [0, 0.05) is 17.1 Å². The van der Waals surface area contributed by atoms with Gasteiger partial charge in [-0.2, -0.15) is 5.10 Å². The molecule has 0 aliphatic carbocycles. The van der Waals surface area contributed by atoms with Crippen molar-refractivity contribution < 1.29 is 9.53 Å². The second-order valence-corrected chi connectivity index (χ2v) is 6.33. The highest BCUT2D eigenvalue weighted by atomic mass is 35.5. The summed E-state index contributed by atoms with van der Waals surface area (Å²) in [5.74, 6) is -0.378. The van der Waals surface area contributed by atoms with E-state index in [0.717, 1.165) is 11.3 Å². The predicted octanol–water partition coefficient (Wildman–Crippen LogP) is 3.10. The zero-order valence-corrected chi connectivity index (χ0v) is 13.5. The van der Waals surface area contributed by atoms with Crippen molar-refractivity contribution in [2.24, 2.45) is 5.73 Å². The van der Waals surface area contributed by atoms with E-state index in [9.17, 15) is 4.79 Å². The van der Waals surface area contributed by atoms with Crippen LogP contribution >= 0.6 is 22.9 Å². The molecule has 21 heavy (non-hydrogen) atoms. The van der Waals surface area contributed by atoms with E-state index in [4.69, 9.17) is 22.1 Å². The van der Waals surface area contributed by atoms with Gasteiger partial charge in [-0.05, 0) is 25.5 Å². The number of aromatic nitrogens is 2. The Morgan fingerprint density at radius 2 is 2.29 bits per heavy atom. The lowest BCUT2D eigenvalue weighted by atomic mass is 10.1. The summed E-state index contributed by atoms with van der Waals surface area (Å²) in [6, 6.07) is 3.52. The number of ether oxygens (including phenoxy) is 1. The van der Waals surface area contributed by atoms with Gasteiger partial charge in [-0.15, -0.1) is 11.3 Å². The smallest absolute Gasteiger partial charge is 0.341 e. The standard InChI is InChI=1S/C14H18ClN3O2S/c1-3-10(16)13(11-5-6-12(15)21-11)18-8-9(7-17-18)14(19)20-4-2/h5-8,10,13H,3-4,16H2,1-2H3. The number of hydrogen-bond donors (Lipinski definition) is 1. The molecule has 0 aliphatic rings. The molecule has 2 rings (SSSR count). The maximum Gasteiger partial charge on any atom is 0.341 e. The molecule has 2 heterocycles. The fraction of sp³-hybridized carbons (Fsp3) is 0.429. The number of esters is 1. The van der Waals surface area contributed by atoms with Crippen LogP contribution in [0.4, 0.5) is 0 Å². The largest absolute Gasteiger partial charge is 0.462 e. The third-order valence-electron chi connectivity index (χ3n) is 3.16. The first-order valence-electron chi connectivity index (χ1n) is 6.78. The first-order chi connectivity index (χ1) is 10.1. The average molecular weight is 328 g/mol. The highest BCUT2D eigenvalue weighted by Gasteiger charge is 2.24. The van der Waals surface area contributed by atoms with Gasteiger partial charge in [0.05, 0.1) is 22.7 Å². The molecular formula is C14H18ClN3O2S. The summed E-state index contributed by atoms with van der Waals surface area (Å²) in [6.07, 6.45) is 3.96. The van der Waals surface area contributed by atoms with Crippen LogP contribution in [0.5, 0.6) is 0 Å². The monoisotopic (exact) mass is 327 g/mol. The van der Waals surface area contributed by atoms with Crippen molar-refractivity contribution in [1.29, 1.82) is 0 Å². The minimum atomic E-state index is -0.378. The number of halogens is 1. The summed E-state index contributed by atoms with van der Waals surface area (Å²) in [4.78, 5) is 12.8. The Bertz CT molecular complexity index is 611. The molecule has 0 radical (unpaired) electrons. The van der Waals surface area contributed by atoms with Crippen LogP contribution in [-0.2, 0) is 4.74 Å². The van der Waals surface area contributed by atoms with Gasteiger partial charge in [-0.3, -0.25) is 4.68 Å². The van der Waals surface area contributed by atoms with Gasteiger partial charge in [-0.25, -0.2) is 4.79 Å². The SMILES string of the molecule is CCOC(=O)c1cnn(C(c2ccc(Cl)s2)C(N)CC)c1. The number of nitrogens with two attached hydrogens (primary N) is 1. The highest BCUT2D eigenvalue weighted by molar-refractivity contribution is 7.16. The molecule has 0 spiro atoms. The molecular weight excluding hydrogens is 310 g/mol. The molecule has 2 unspecified atom stereocenters. The van der Waals surface area contributed by atoms with Crippen molar-refractivity contribution in [2.75, 3.05) is 6.61 Å². The molecule has 2 atom stereocenters. The van der Waals surface area contributed by atoms with Crippen molar-refractivity contribution in [1.82, 2.24) is 9.78 Å². The maximum absolute atomic E-state index is 11.7. The second-order valence-electron chi connectivity index (χ2n) is 4.59. The van der Waals surface area contributed by atoms with Crippen LogP contribution in [0.25, 0.3) is 0 Å². The number of nitrogens with zero attached hydrogens (tertiary/aromatic N) is 2. The number of hydrogen-bond acceptors (Lipinski definition) is 5. The molecule has 5 nitrogen and oxygen atoms in total. The summed E-state index contributed by atoms with van der Waals surface area (Å²) in [7, 11) is 0. The number of carbonyl (C=O) groups is 1. The molecule has 114 valence electrons. The van der Waals surface area contributed by atoms with Crippen molar-refractivity contribution in [2.45, 2.75) is 32.4 Å². The van der Waals surface area contributed by atoms with Crippen LogP contribution in [0.1, 0.15) is 41.5 Å². The zero-order chi connectivity index (χ0) is 15.4. The van der Waals surface area contributed by atoms with Gasteiger partial charge in [0.25, 0.3) is 0 Å². The van der Waals surface area contributed by atoms with E-state index in [1.807, 2.05) is 19.1 Å². The van der Waals surface area contributed by atoms with Crippen molar-refractivity contribution >= 4 is 28.9 Å². The average Bonchev–Trinajstić information content (AvgIpc) is 3.09. The minimum absolute atomic E-state index is 0.116. The lowest BCUT2D eigenvalue weighted by molar-refractivity contribution is 0.0526. The highest BCUT2D eigenvalue weighted by Crippen LogP contribution is 2.31. The fourth-order valence-electron chi connectivity index (χ4n) is 2.06. The Labute approximate surface area is 132 Å². The van der Waals surface area contributed by atoms with Crippen LogP contribution in [0, 0.1) is 0 Å². The number of carbonyl (C=O) groups excluding carboxylic acids is 1. The summed E-state index contributed by atoms with van der Waals surface area (Å²) < 4.78 is 7.39. The third kappa shape index (κ3) is 3.64. The van der Waals surface area contributed by atoms with Crippen LogP contribution in [0.15, 0.2) is 24.5 Å². The van der Waals surface area contributed by atoms with Crippen molar-refractivity contribution in [3.8, 4) is 0 Å². The van der Waals surface area contributed by atoms with E-state index in [0.29, 0.717) is 16.5 Å². The van der Waals surface area contributed by atoms with E-state index < -0.39 is 0 Å². The van der Waals surface area contributed by atoms with Crippen LogP contribution in [-0.4, -0.2) is 28.4 Å². The van der Waals surface area contributed by atoms with Gasteiger partial charge in [0.15, 0.2) is 0 Å². The lowest BCUT2D eigenvalue weighted by Crippen LogP contribution is -2.32. The summed E-state index contributed by atoms with van der Waals surface area (Å²) in [5, 5.41) is 4.27. The molecule has 0 bridgehead atoms. The van der Waals surface area contributed by atoms with E-state index in [1.165, 1.54) is 17.5 Å². The Morgan fingerprint density at radius 3 is 2.86 bits per heavy atom. The predicted molar refractivity (Wildman–Crippen MR) is 83.9 cm³/mol. The third-order valence-corrected chi connectivity index (χ3v) is 4.46. The van der Waals surface area contributed by atoms with Gasteiger partial charge < -0.3 is 10.5 Å². The number of thiophene rings is 1. The molecule has 0 aliphatic heterocycles. The first-order valence-corrected chi connectivity index (χ1v) is 7.98. The minimum Gasteiger partial charge on any atom is -0.462 e. The number of rotatable bonds is 6. The normalized spacial score (nSPS) is 13.9. The molecule has 2 N–H and O–H groups in total. The molecule has 2 aromatic heterocycles. The summed E-state index contributed by atoms with van der Waals surface area (Å²) in [6.45, 7) is 4.12. The van der Waals surface area contributed by atoms with Crippen LogP contribution in [0.3, 0.4) is 0 Å². The van der Waals surface area contributed by atoms with Gasteiger partial charge in [0.1, 0.15) is 6.04 Å². The molecule has 7 heteroatoms. The van der Waals surface area contributed by atoms with E-state index in [2.05, 4.69) is 5.10 Å². The van der Waals surface area contributed by atoms with Gasteiger partial charge in [-0.1, -0.05) is 18.5 Å². The van der Waals surface area contributed by atoms with E-state index in [-0.39, 0.29) is 18.1 Å². The Hall–Kier alpha value is -1.37. The molecule has 0 aromatic carbocycles. The Balaban J connectivity index is 2.32. The molecule has 0 amide bonds. The van der Waals surface area contributed by atoms with Gasteiger partial charge in [0.2, 0.25) is 0 Å². The Morgan fingerprint density at radius 1 is 1.52 bits per heavy atom. The van der Waals surface area contributed by atoms with Crippen LogP contribution < -0.4 is 5.73 Å². The zero-order valence-electron chi connectivity index (χ0n) is 12.0. The molecule has 2 aromatic rings. The summed E-state index contributed by atoms with van der Waals surface area (Å²) in [5.41, 5.74) is 6.65. The second kappa shape index (κ2) is 7.06. The topological polar surface area (TPSA) is 70.1 Å². The summed E-state index contributed by atoms with van der Waals surface area (Å²) >= 11 is 7.48. The lowest BCUT2D eigenvalue weighted by Gasteiger charge is -2.22. The first kappa shape index (κ1) is 16.0. The van der Waals surface area contributed by atoms with Crippen molar-refractivity contribution in [3.63, 3.8) is 0 Å². The van der Waals surface area contributed by atoms with Crippen molar-refractivity contribution in [3.05, 3.63) is 39.3 Å². The quantitative estimate of drug-likeness (QED) is 0.828. The van der Waals surface area contributed by atoms with Gasteiger partial charge >= 0.3 is 5.97 Å².